The normalized spacial score (nSPS) is 13.6. The third-order valence-corrected chi connectivity index (χ3v) is 2.98. The van der Waals surface area contributed by atoms with E-state index in [1.165, 1.54) is 0 Å². The van der Waals surface area contributed by atoms with Gasteiger partial charge in [-0.15, -0.1) is 12.4 Å². The van der Waals surface area contributed by atoms with Crippen molar-refractivity contribution >= 4 is 36.0 Å². The zero-order chi connectivity index (χ0) is 13.4. The summed E-state index contributed by atoms with van der Waals surface area (Å²) in [7, 11) is 0. The van der Waals surface area contributed by atoms with Crippen LogP contribution in [0.1, 0.15) is 26.7 Å². The monoisotopic (exact) mass is 297 g/mol. The Hall–Kier alpha value is -0.460. The van der Waals surface area contributed by atoms with E-state index >= 15 is 0 Å². The summed E-state index contributed by atoms with van der Waals surface area (Å²) < 4.78 is 0. The predicted molar refractivity (Wildman–Crippen MR) is 78.8 cm³/mol. The van der Waals surface area contributed by atoms with Crippen LogP contribution in [0, 0.1) is 5.92 Å². The maximum Gasteiger partial charge on any atom is 0.240 e. The molecule has 0 aliphatic rings. The molecular weight excluding hydrogens is 274 g/mol. The molecule has 0 radical (unpaired) electrons. The van der Waals surface area contributed by atoms with Crippen molar-refractivity contribution < 1.29 is 9.59 Å². The van der Waals surface area contributed by atoms with E-state index in [1.54, 1.807) is 11.8 Å². The number of halogens is 1. The number of hydrogen-bond donors (Lipinski definition) is 3. The number of amides is 2. The summed E-state index contributed by atoms with van der Waals surface area (Å²) in [5.41, 5.74) is 10.9. The lowest BCUT2D eigenvalue weighted by atomic mass is 10.0. The van der Waals surface area contributed by atoms with Gasteiger partial charge in [-0.2, -0.15) is 11.8 Å². The van der Waals surface area contributed by atoms with Gasteiger partial charge >= 0.3 is 0 Å². The summed E-state index contributed by atoms with van der Waals surface area (Å²) in [6.45, 7) is 3.98. The topological polar surface area (TPSA) is 98.2 Å². The lowest BCUT2D eigenvalue weighted by Crippen LogP contribution is -2.50. The van der Waals surface area contributed by atoms with Gasteiger partial charge in [0.15, 0.2) is 0 Å². The van der Waals surface area contributed by atoms with Gasteiger partial charge in [0.2, 0.25) is 11.8 Å². The Bertz CT molecular complexity index is 265. The van der Waals surface area contributed by atoms with Gasteiger partial charge in [-0.25, -0.2) is 0 Å². The highest BCUT2D eigenvalue weighted by Crippen LogP contribution is 2.04. The highest BCUT2D eigenvalue weighted by atomic mass is 35.5. The van der Waals surface area contributed by atoms with Crippen molar-refractivity contribution in [1.29, 1.82) is 0 Å². The van der Waals surface area contributed by atoms with Crippen molar-refractivity contribution in [2.24, 2.45) is 17.4 Å². The average Bonchev–Trinajstić information content (AvgIpc) is 2.22. The first kappa shape index (κ1) is 19.9. The van der Waals surface area contributed by atoms with Crippen molar-refractivity contribution in [3.05, 3.63) is 0 Å². The van der Waals surface area contributed by atoms with Crippen molar-refractivity contribution in [2.75, 3.05) is 12.0 Å². The van der Waals surface area contributed by atoms with E-state index in [0.29, 0.717) is 18.8 Å². The maximum absolute atomic E-state index is 11.7. The number of hydrogen-bond acceptors (Lipinski definition) is 4. The van der Waals surface area contributed by atoms with E-state index in [2.05, 4.69) is 5.32 Å². The van der Waals surface area contributed by atoms with E-state index in [-0.39, 0.29) is 18.3 Å². The fourth-order valence-electron chi connectivity index (χ4n) is 1.41. The summed E-state index contributed by atoms with van der Waals surface area (Å²) in [6, 6.07) is -1.20. The Morgan fingerprint density at radius 3 is 2.28 bits per heavy atom. The molecule has 0 aliphatic heterocycles. The molecule has 0 saturated heterocycles. The van der Waals surface area contributed by atoms with Crippen LogP contribution in [0.4, 0.5) is 0 Å². The summed E-state index contributed by atoms with van der Waals surface area (Å²) >= 11 is 1.60. The molecular formula is C11H24ClN3O2S. The summed E-state index contributed by atoms with van der Waals surface area (Å²) in [5, 5.41) is 2.60. The number of thioether (sulfide) groups is 1. The maximum atomic E-state index is 11.7. The highest BCUT2D eigenvalue weighted by molar-refractivity contribution is 7.98. The Balaban J connectivity index is 0. The number of carbonyl (C=O) groups is 2. The molecule has 18 heavy (non-hydrogen) atoms. The molecule has 0 aromatic heterocycles. The minimum Gasteiger partial charge on any atom is -0.368 e. The van der Waals surface area contributed by atoms with E-state index in [0.717, 1.165) is 5.75 Å². The molecule has 5 nitrogen and oxygen atoms in total. The first-order valence-electron chi connectivity index (χ1n) is 5.72. The Morgan fingerprint density at radius 2 is 1.89 bits per heavy atom. The van der Waals surface area contributed by atoms with E-state index in [1.807, 2.05) is 20.1 Å². The van der Waals surface area contributed by atoms with Gasteiger partial charge in [-0.1, -0.05) is 13.8 Å². The fourth-order valence-corrected chi connectivity index (χ4v) is 1.89. The summed E-state index contributed by atoms with van der Waals surface area (Å²) in [5.74, 6) is 0.301. The van der Waals surface area contributed by atoms with Crippen LogP contribution in [0.25, 0.3) is 0 Å². The van der Waals surface area contributed by atoms with Crippen LogP contribution in [0.2, 0.25) is 0 Å². The average molecular weight is 298 g/mol. The largest absolute Gasteiger partial charge is 0.368 e. The predicted octanol–water partition coefficient (Wildman–Crippen LogP) is 0.505. The SMILES string of the molecule is CSCCC(NC(=O)C(N)CC(C)C)C(N)=O.Cl. The molecule has 2 atom stereocenters. The molecule has 108 valence electrons. The second-order valence-corrected chi connectivity index (χ2v) is 5.47. The van der Waals surface area contributed by atoms with Crippen LogP contribution >= 0.6 is 24.2 Å². The lowest BCUT2D eigenvalue weighted by molar-refractivity contribution is -0.128. The van der Waals surface area contributed by atoms with Crippen molar-refractivity contribution in [3.63, 3.8) is 0 Å². The molecule has 0 bridgehead atoms. The van der Waals surface area contributed by atoms with Crippen molar-refractivity contribution in [3.8, 4) is 0 Å². The van der Waals surface area contributed by atoms with Crippen LogP contribution in [0.3, 0.4) is 0 Å². The van der Waals surface area contributed by atoms with Crippen molar-refractivity contribution in [1.82, 2.24) is 5.32 Å². The van der Waals surface area contributed by atoms with Gasteiger partial charge in [-0.3, -0.25) is 9.59 Å². The molecule has 0 aromatic rings. The molecule has 0 fully saturated rings. The molecule has 0 saturated carbocycles. The first-order chi connectivity index (χ1) is 7.88. The Labute approximate surface area is 119 Å². The number of nitrogens with two attached hydrogens (primary N) is 2. The summed E-state index contributed by atoms with van der Waals surface area (Å²) in [4.78, 5) is 22.8. The second kappa shape index (κ2) is 10.5. The van der Waals surface area contributed by atoms with Gasteiger partial charge in [0.25, 0.3) is 0 Å². The van der Waals surface area contributed by atoms with Crippen LogP contribution in [0.5, 0.6) is 0 Å². The zero-order valence-electron chi connectivity index (χ0n) is 11.1. The van der Waals surface area contributed by atoms with Gasteiger partial charge in [0.05, 0.1) is 6.04 Å². The highest BCUT2D eigenvalue weighted by Gasteiger charge is 2.21. The summed E-state index contributed by atoms with van der Waals surface area (Å²) in [6.07, 6.45) is 3.07. The molecule has 2 amide bonds. The Morgan fingerprint density at radius 1 is 1.33 bits per heavy atom. The smallest absolute Gasteiger partial charge is 0.240 e. The van der Waals surface area contributed by atoms with Crippen LogP contribution in [-0.2, 0) is 9.59 Å². The van der Waals surface area contributed by atoms with Gasteiger partial charge in [0.1, 0.15) is 6.04 Å². The minimum atomic E-state index is -0.617. The van der Waals surface area contributed by atoms with E-state index in [9.17, 15) is 9.59 Å². The number of primary amides is 1. The van der Waals surface area contributed by atoms with Gasteiger partial charge in [0, 0.05) is 0 Å². The zero-order valence-corrected chi connectivity index (χ0v) is 12.8. The molecule has 5 N–H and O–H groups in total. The third kappa shape index (κ3) is 8.60. The van der Waals surface area contributed by atoms with Crippen LogP contribution < -0.4 is 16.8 Å². The third-order valence-electron chi connectivity index (χ3n) is 2.33. The van der Waals surface area contributed by atoms with E-state index in [4.69, 9.17) is 11.5 Å². The minimum absolute atomic E-state index is 0. The van der Waals surface area contributed by atoms with Crippen LogP contribution in [0.15, 0.2) is 0 Å². The molecule has 0 rings (SSSR count). The molecule has 0 spiro atoms. The standard InChI is InChI=1S/C11H23N3O2S.ClH/c1-7(2)6-8(12)11(16)14-9(10(13)15)4-5-17-3;/h7-9H,4-6,12H2,1-3H3,(H2,13,15)(H,14,16);1H. The molecule has 0 heterocycles. The number of rotatable bonds is 8. The van der Waals surface area contributed by atoms with Crippen LogP contribution in [-0.4, -0.2) is 35.9 Å². The fraction of sp³-hybridized carbons (Fsp3) is 0.818. The number of carbonyl (C=O) groups excluding carboxylic acids is 2. The number of nitrogens with one attached hydrogen (secondary N) is 1. The van der Waals surface area contributed by atoms with E-state index < -0.39 is 18.0 Å². The van der Waals surface area contributed by atoms with Crippen molar-refractivity contribution in [2.45, 2.75) is 38.8 Å². The first-order valence-corrected chi connectivity index (χ1v) is 7.12. The second-order valence-electron chi connectivity index (χ2n) is 4.48. The molecule has 0 aromatic carbocycles. The molecule has 0 aliphatic carbocycles. The Kier molecular flexibility index (Phi) is 11.5. The quantitative estimate of drug-likeness (QED) is 0.608. The lowest BCUT2D eigenvalue weighted by Gasteiger charge is -2.19. The molecule has 7 heteroatoms. The van der Waals surface area contributed by atoms with Gasteiger partial charge in [-0.05, 0) is 30.8 Å². The van der Waals surface area contributed by atoms with Gasteiger partial charge < -0.3 is 16.8 Å². The molecule has 2 unspecified atom stereocenters.